The monoisotopic (exact) mass is 534 g/mol. The van der Waals surface area contributed by atoms with Crippen LogP contribution in [-0.2, 0) is 27.5 Å². The van der Waals surface area contributed by atoms with Gasteiger partial charge >= 0.3 is 6.18 Å². The number of hydrogen-bond donors (Lipinski definition) is 2. The Hall–Kier alpha value is -3.35. The quantitative estimate of drug-likeness (QED) is 0.329. The van der Waals surface area contributed by atoms with Crippen LogP contribution in [0.4, 0.5) is 18.9 Å². The number of hydrogen-bond acceptors (Lipinski definition) is 5. The Morgan fingerprint density at radius 1 is 1.08 bits per heavy atom. The third kappa shape index (κ3) is 5.89. The van der Waals surface area contributed by atoms with Crippen LogP contribution in [0, 0.1) is 0 Å². The highest BCUT2D eigenvalue weighted by atomic mass is 32.2. The number of aromatic nitrogens is 2. The van der Waals surface area contributed by atoms with Crippen LogP contribution in [0.5, 0.6) is 0 Å². The molecular weight excluding hydrogens is 513 g/mol. The molecule has 0 radical (unpaired) electrons. The summed E-state index contributed by atoms with van der Waals surface area (Å²) in [6.45, 7) is 2.00. The van der Waals surface area contributed by atoms with E-state index in [4.69, 9.17) is 5.14 Å². The number of amides is 1. The van der Waals surface area contributed by atoms with E-state index < -0.39 is 32.9 Å². The van der Waals surface area contributed by atoms with Crippen LogP contribution >= 0.6 is 11.8 Å². The van der Waals surface area contributed by atoms with Gasteiger partial charge in [-0.25, -0.2) is 18.5 Å². The number of imidazole rings is 1. The Labute approximate surface area is 209 Å². The molecular formula is C24H21F3N4O3S2. The number of nitrogens with zero attached hydrogens (tertiary/aromatic N) is 2. The highest BCUT2D eigenvalue weighted by Crippen LogP contribution is 2.34. The Bertz CT molecular complexity index is 1500. The SMILES string of the molecule is CC(Sc1nc2cc(C(F)(F)F)ccc2n1Cc1ccccc1)C(=O)Nc1ccc(S(N)(=O)=O)cc1. The van der Waals surface area contributed by atoms with E-state index in [1.807, 2.05) is 30.3 Å². The van der Waals surface area contributed by atoms with Gasteiger partial charge in [-0.1, -0.05) is 42.1 Å². The zero-order chi connectivity index (χ0) is 26.1. The number of nitrogens with one attached hydrogen (secondary N) is 1. The minimum Gasteiger partial charge on any atom is -0.325 e. The summed E-state index contributed by atoms with van der Waals surface area (Å²) in [5, 5.41) is 7.50. The normalized spacial score (nSPS) is 13.0. The van der Waals surface area contributed by atoms with Crippen molar-refractivity contribution >= 4 is 44.4 Å². The Morgan fingerprint density at radius 3 is 2.36 bits per heavy atom. The first-order valence-electron chi connectivity index (χ1n) is 10.6. The lowest BCUT2D eigenvalue weighted by atomic mass is 10.2. The first-order valence-corrected chi connectivity index (χ1v) is 13.1. The van der Waals surface area contributed by atoms with Crippen molar-refractivity contribution in [3.8, 4) is 0 Å². The predicted molar refractivity (Wildman–Crippen MR) is 132 cm³/mol. The molecule has 36 heavy (non-hydrogen) atoms. The molecule has 0 spiro atoms. The van der Waals surface area contributed by atoms with E-state index >= 15 is 0 Å². The van der Waals surface area contributed by atoms with Gasteiger partial charge in [-0.15, -0.1) is 0 Å². The van der Waals surface area contributed by atoms with Gasteiger partial charge in [0, 0.05) is 5.69 Å². The lowest BCUT2D eigenvalue weighted by Gasteiger charge is -2.14. The predicted octanol–water partition coefficient (Wildman–Crippen LogP) is 4.87. The highest BCUT2D eigenvalue weighted by molar-refractivity contribution is 8.00. The fourth-order valence-electron chi connectivity index (χ4n) is 3.48. The number of halogens is 3. The molecule has 1 atom stereocenters. The Morgan fingerprint density at radius 2 is 1.75 bits per heavy atom. The second kappa shape index (κ2) is 9.96. The van der Waals surface area contributed by atoms with E-state index in [1.54, 1.807) is 11.5 Å². The van der Waals surface area contributed by atoms with Crippen LogP contribution in [0.15, 0.2) is 82.8 Å². The fraction of sp³-hybridized carbons (Fsp3) is 0.167. The molecule has 0 saturated carbocycles. The molecule has 1 amide bonds. The van der Waals surface area contributed by atoms with Gasteiger partial charge in [-0.2, -0.15) is 13.2 Å². The third-order valence-electron chi connectivity index (χ3n) is 5.33. The number of primary sulfonamides is 1. The summed E-state index contributed by atoms with van der Waals surface area (Å²) in [5.74, 6) is -0.391. The zero-order valence-corrected chi connectivity index (χ0v) is 20.5. The van der Waals surface area contributed by atoms with Gasteiger partial charge in [0.05, 0.1) is 33.3 Å². The molecule has 0 aliphatic rings. The Kier molecular flexibility index (Phi) is 7.12. The number of anilines is 1. The smallest absolute Gasteiger partial charge is 0.325 e. The number of alkyl halides is 3. The van der Waals surface area contributed by atoms with Crippen LogP contribution in [0.25, 0.3) is 11.0 Å². The van der Waals surface area contributed by atoms with E-state index in [2.05, 4.69) is 10.3 Å². The van der Waals surface area contributed by atoms with Crippen molar-refractivity contribution in [2.45, 2.75) is 34.9 Å². The summed E-state index contributed by atoms with van der Waals surface area (Å²) >= 11 is 1.11. The topological polar surface area (TPSA) is 107 Å². The summed E-state index contributed by atoms with van der Waals surface area (Å²) in [5.41, 5.74) is 1.18. The molecule has 3 N–H and O–H groups in total. The molecule has 4 rings (SSSR count). The van der Waals surface area contributed by atoms with E-state index in [0.29, 0.717) is 22.9 Å². The van der Waals surface area contributed by atoms with Crippen molar-refractivity contribution < 1.29 is 26.4 Å². The molecule has 0 aliphatic carbocycles. The van der Waals surface area contributed by atoms with Crippen LogP contribution in [0.3, 0.4) is 0 Å². The Balaban J connectivity index is 1.61. The van der Waals surface area contributed by atoms with Crippen molar-refractivity contribution in [3.63, 3.8) is 0 Å². The van der Waals surface area contributed by atoms with Crippen molar-refractivity contribution in [3.05, 3.63) is 83.9 Å². The van der Waals surface area contributed by atoms with Gasteiger partial charge < -0.3 is 9.88 Å². The largest absolute Gasteiger partial charge is 0.416 e. The van der Waals surface area contributed by atoms with Crippen LogP contribution < -0.4 is 10.5 Å². The third-order valence-corrected chi connectivity index (χ3v) is 7.35. The highest BCUT2D eigenvalue weighted by Gasteiger charge is 2.31. The standard InChI is InChI=1S/C24H21F3N4O3S2/c1-15(22(32)29-18-8-10-19(11-9-18)36(28,33)34)35-23-30-20-13-17(24(25,26)27)7-12-21(20)31(23)14-16-5-3-2-4-6-16/h2-13,15H,14H2,1H3,(H,29,32)(H2,28,33,34). The maximum absolute atomic E-state index is 13.3. The lowest BCUT2D eigenvalue weighted by Crippen LogP contribution is -2.23. The lowest BCUT2D eigenvalue weighted by molar-refractivity contribution is -0.137. The number of carbonyl (C=O) groups is 1. The molecule has 0 saturated heterocycles. The summed E-state index contributed by atoms with van der Waals surface area (Å²) in [6.07, 6.45) is -4.50. The number of sulfonamides is 1. The van der Waals surface area contributed by atoms with Gasteiger partial charge in [0.2, 0.25) is 15.9 Å². The summed E-state index contributed by atoms with van der Waals surface area (Å²) in [7, 11) is -3.86. The molecule has 12 heteroatoms. The molecule has 0 aliphatic heterocycles. The molecule has 1 heterocycles. The minimum absolute atomic E-state index is 0.0872. The fourth-order valence-corrected chi connectivity index (χ4v) is 4.92. The van der Waals surface area contributed by atoms with Gasteiger partial charge in [-0.05, 0) is 55.0 Å². The van der Waals surface area contributed by atoms with E-state index in [9.17, 15) is 26.4 Å². The van der Waals surface area contributed by atoms with Crippen LogP contribution in [-0.4, -0.2) is 29.1 Å². The second-order valence-electron chi connectivity index (χ2n) is 7.99. The molecule has 3 aromatic carbocycles. The number of thioether (sulfide) groups is 1. The van der Waals surface area contributed by atoms with Crippen LogP contribution in [0.2, 0.25) is 0 Å². The van der Waals surface area contributed by atoms with Gasteiger partial charge in [0.25, 0.3) is 0 Å². The molecule has 1 aromatic heterocycles. The first-order chi connectivity index (χ1) is 16.9. The first kappa shape index (κ1) is 25.7. The zero-order valence-electron chi connectivity index (χ0n) is 18.9. The molecule has 4 aromatic rings. The maximum Gasteiger partial charge on any atom is 0.416 e. The minimum atomic E-state index is -4.50. The molecule has 188 valence electrons. The number of carbonyl (C=O) groups excluding carboxylic acids is 1. The number of benzene rings is 3. The second-order valence-corrected chi connectivity index (χ2v) is 10.9. The average molecular weight is 535 g/mol. The van der Waals surface area contributed by atoms with E-state index in [0.717, 1.165) is 29.5 Å². The van der Waals surface area contributed by atoms with Gasteiger partial charge in [-0.3, -0.25) is 4.79 Å². The molecule has 0 bridgehead atoms. The van der Waals surface area contributed by atoms with Gasteiger partial charge in [0.1, 0.15) is 0 Å². The molecule has 0 fully saturated rings. The van der Waals surface area contributed by atoms with Crippen molar-refractivity contribution in [1.82, 2.24) is 9.55 Å². The number of nitrogens with two attached hydrogens (primary N) is 1. The van der Waals surface area contributed by atoms with E-state index in [1.165, 1.54) is 30.3 Å². The summed E-state index contributed by atoms with van der Waals surface area (Å²) < 4.78 is 64.3. The van der Waals surface area contributed by atoms with Crippen LogP contribution in [0.1, 0.15) is 18.1 Å². The summed E-state index contributed by atoms with van der Waals surface area (Å²) in [4.78, 5) is 17.1. The molecule has 7 nitrogen and oxygen atoms in total. The average Bonchev–Trinajstić information content (AvgIpc) is 3.15. The summed E-state index contributed by atoms with van der Waals surface area (Å²) in [6, 6.07) is 18.2. The number of rotatable bonds is 7. The number of fused-ring (bicyclic) bond motifs is 1. The van der Waals surface area contributed by atoms with Crippen molar-refractivity contribution in [2.24, 2.45) is 5.14 Å². The van der Waals surface area contributed by atoms with Crippen molar-refractivity contribution in [1.29, 1.82) is 0 Å². The van der Waals surface area contributed by atoms with E-state index in [-0.39, 0.29) is 10.4 Å². The van der Waals surface area contributed by atoms with Gasteiger partial charge in [0.15, 0.2) is 5.16 Å². The van der Waals surface area contributed by atoms with Crippen molar-refractivity contribution in [2.75, 3.05) is 5.32 Å². The molecule has 1 unspecified atom stereocenters. The maximum atomic E-state index is 13.3.